The molecule has 1 aliphatic heterocycles. The van der Waals surface area contributed by atoms with E-state index >= 15 is 0 Å². The molecule has 1 heterocycles. The number of amides is 2. The number of alkyl halides is 3. The van der Waals surface area contributed by atoms with Crippen LogP contribution in [-0.4, -0.2) is 43.3 Å². The van der Waals surface area contributed by atoms with Crippen LogP contribution in [0.5, 0.6) is 0 Å². The number of carbonyl (C=O) groups is 2. The van der Waals surface area contributed by atoms with Gasteiger partial charge in [0.15, 0.2) is 0 Å². The fraction of sp³-hybridized carbons (Fsp3) is 0.895. The minimum atomic E-state index is -4.26. The molecule has 2 saturated carbocycles. The van der Waals surface area contributed by atoms with E-state index in [1.807, 2.05) is 0 Å². The average molecular weight is 390 g/mol. The molecule has 2 amide bonds. The molecule has 2 N–H and O–H groups in total. The third-order valence-electron chi connectivity index (χ3n) is 6.41. The van der Waals surface area contributed by atoms with E-state index in [1.165, 1.54) is 0 Å². The van der Waals surface area contributed by atoms with Gasteiger partial charge in [-0.25, -0.2) is 0 Å². The quantitative estimate of drug-likeness (QED) is 0.759. The van der Waals surface area contributed by atoms with Crippen LogP contribution in [0, 0.1) is 23.2 Å². The number of hydrogen-bond acceptors (Lipinski definition) is 3. The van der Waals surface area contributed by atoms with Crippen molar-refractivity contribution in [3.05, 3.63) is 0 Å². The van der Waals surface area contributed by atoms with Gasteiger partial charge in [0.05, 0.1) is 24.5 Å². The summed E-state index contributed by atoms with van der Waals surface area (Å²) in [5.74, 6) is -2.06. The van der Waals surface area contributed by atoms with Crippen molar-refractivity contribution in [1.29, 1.82) is 0 Å². The smallest absolute Gasteiger partial charge is 0.377 e. The summed E-state index contributed by atoms with van der Waals surface area (Å²) in [4.78, 5) is 24.2. The third-order valence-corrected chi connectivity index (χ3v) is 6.41. The predicted octanol–water partition coefficient (Wildman–Crippen LogP) is 2.79. The van der Waals surface area contributed by atoms with E-state index in [0.717, 1.165) is 6.42 Å². The first-order valence-electron chi connectivity index (χ1n) is 9.81. The highest BCUT2D eigenvalue weighted by atomic mass is 19.4. The van der Waals surface area contributed by atoms with Crippen LogP contribution in [0.25, 0.3) is 0 Å². The van der Waals surface area contributed by atoms with Crippen molar-refractivity contribution < 1.29 is 27.5 Å². The first-order chi connectivity index (χ1) is 12.6. The fourth-order valence-electron chi connectivity index (χ4n) is 4.23. The molecule has 3 rings (SSSR count). The minimum Gasteiger partial charge on any atom is -0.377 e. The number of rotatable bonds is 5. The van der Waals surface area contributed by atoms with Gasteiger partial charge in [-0.3, -0.25) is 9.59 Å². The molecule has 0 spiro atoms. The zero-order chi connectivity index (χ0) is 19.8. The molecule has 8 heteroatoms. The molecule has 5 unspecified atom stereocenters. The Morgan fingerprint density at radius 3 is 2.59 bits per heavy atom. The van der Waals surface area contributed by atoms with Gasteiger partial charge in [0, 0.05) is 19.0 Å². The number of halogens is 3. The maximum absolute atomic E-state index is 13.2. The molecule has 2 aliphatic carbocycles. The van der Waals surface area contributed by atoms with Gasteiger partial charge in [-0.15, -0.1) is 0 Å². The van der Waals surface area contributed by atoms with Gasteiger partial charge in [0.2, 0.25) is 11.8 Å². The van der Waals surface area contributed by atoms with Crippen LogP contribution in [0.1, 0.15) is 52.4 Å². The van der Waals surface area contributed by atoms with E-state index < -0.39 is 24.1 Å². The lowest BCUT2D eigenvalue weighted by molar-refractivity contribution is -0.199. The van der Waals surface area contributed by atoms with E-state index in [0.29, 0.717) is 25.5 Å². The number of hydrogen-bond donors (Lipinski definition) is 2. The maximum atomic E-state index is 13.2. The lowest BCUT2D eigenvalue weighted by Gasteiger charge is -2.37. The molecule has 5 nitrogen and oxygen atoms in total. The zero-order valence-electron chi connectivity index (χ0n) is 15.9. The van der Waals surface area contributed by atoms with Gasteiger partial charge in [-0.1, -0.05) is 13.8 Å². The summed E-state index contributed by atoms with van der Waals surface area (Å²) in [6.07, 6.45) is -3.20. The second-order valence-corrected chi connectivity index (χ2v) is 8.97. The highest BCUT2D eigenvalue weighted by Gasteiger charge is 2.49. The topological polar surface area (TPSA) is 67.4 Å². The Morgan fingerprint density at radius 1 is 1.30 bits per heavy atom. The lowest BCUT2D eigenvalue weighted by Crippen LogP contribution is -2.50. The van der Waals surface area contributed by atoms with Crippen molar-refractivity contribution in [3.8, 4) is 0 Å². The maximum Gasteiger partial charge on any atom is 0.391 e. The first-order valence-corrected chi connectivity index (χ1v) is 9.81. The van der Waals surface area contributed by atoms with E-state index in [-0.39, 0.29) is 49.0 Å². The van der Waals surface area contributed by atoms with E-state index in [2.05, 4.69) is 24.5 Å². The minimum absolute atomic E-state index is 0.0540. The van der Waals surface area contributed by atoms with Crippen molar-refractivity contribution >= 4 is 11.8 Å². The molecule has 27 heavy (non-hydrogen) atoms. The second-order valence-electron chi connectivity index (χ2n) is 8.97. The Morgan fingerprint density at radius 2 is 2.00 bits per heavy atom. The summed E-state index contributed by atoms with van der Waals surface area (Å²) in [6, 6.07) is -0.255. The molecule has 3 aliphatic rings. The summed E-state index contributed by atoms with van der Waals surface area (Å²) in [7, 11) is 0. The van der Waals surface area contributed by atoms with Crippen molar-refractivity contribution in [2.75, 3.05) is 13.2 Å². The molecule has 0 bridgehead atoms. The normalized spacial score (nSPS) is 36.0. The monoisotopic (exact) mass is 390 g/mol. The summed E-state index contributed by atoms with van der Waals surface area (Å²) in [5, 5.41) is 5.56. The first kappa shape index (κ1) is 20.4. The Bertz CT molecular complexity index is 579. The van der Waals surface area contributed by atoms with Crippen LogP contribution < -0.4 is 10.6 Å². The van der Waals surface area contributed by atoms with E-state index in [1.54, 1.807) is 0 Å². The third kappa shape index (κ3) is 5.15. The summed E-state index contributed by atoms with van der Waals surface area (Å²) < 4.78 is 45.4. The lowest BCUT2D eigenvalue weighted by atomic mass is 9.78. The Labute approximate surface area is 157 Å². The molecule has 5 atom stereocenters. The zero-order valence-corrected chi connectivity index (χ0v) is 15.9. The van der Waals surface area contributed by atoms with Crippen molar-refractivity contribution in [1.82, 2.24) is 10.6 Å². The van der Waals surface area contributed by atoms with Crippen LogP contribution >= 0.6 is 0 Å². The Hall–Kier alpha value is -1.31. The van der Waals surface area contributed by atoms with E-state index in [9.17, 15) is 22.8 Å². The van der Waals surface area contributed by atoms with Crippen LogP contribution in [0.15, 0.2) is 0 Å². The Balaban J connectivity index is 1.61. The molecule has 3 fully saturated rings. The fourth-order valence-corrected chi connectivity index (χ4v) is 4.23. The molecule has 0 aromatic heterocycles. The SMILES string of the molecule is CC1(C)CC1COC1CC(C(F)(F)F)CCC1C(=O)NC1CCNC(=O)C1. The van der Waals surface area contributed by atoms with E-state index in [4.69, 9.17) is 4.74 Å². The molecule has 0 radical (unpaired) electrons. The van der Waals surface area contributed by atoms with Crippen molar-refractivity contribution in [3.63, 3.8) is 0 Å². The highest BCUT2D eigenvalue weighted by molar-refractivity contribution is 5.82. The number of piperidine rings is 1. The molecular weight excluding hydrogens is 361 g/mol. The van der Waals surface area contributed by atoms with Gasteiger partial charge in [-0.05, 0) is 43.4 Å². The van der Waals surface area contributed by atoms with Crippen LogP contribution in [0.3, 0.4) is 0 Å². The number of ether oxygens (including phenoxy) is 1. The molecule has 0 aromatic carbocycles. The second kappa shape index (κ2) is 7.60. The average Bonchev–Trinajstić information content (AvgIpc) is 3.18. The van der Waals surface area contributed by atoms with Crippen LogP contribution in [0.4, 0.5) is 13.2 Å². The predicted molar refractivity (Wildman–Crippen MR) is 92.7 cm³/mol. The van der Waals surface area contributed by atoms with Gasteiger partial charge >= 0.3 is 6.18 Å². The van der Waals surface area contributed by atoms with Crippen molar-refractivity contribution in [2.24, 2.45) is 23.2 Å². The summed E-state index contributed by atoms with van der Waals surface area (Å²) in [6.45, 7) is 5.12. The molecule has 0 aromatic rings. The number of carbonyl (C=O) groups excluding carboxylic acids is 2. The molecule has 1 saturated heterocycles. The van der Waals surface area contributed by atoms with Gasteiger partial charge in [-0.2, -0.15) is 13.2 Å². The van der Waals surface area contributed by atoms with Gasteiger partial charge in [0.25, 0.3) is 0 Å². The standard InChI is InChI=1S/C19H29F3N2O3/c1-18(2)9-12(18)10-27-15-7-11(19(20,21)22)3-4-14(15)17(26)24-13-5-6-23-16(25)8-13/h11-15H,3-10H2,1-2H3,(H,23,25)(H,24,26). The van der Waals surface area contributed by atoms with Crippen LogP contribution in [-0.2, 0) is 14.3 Å². The van der Waals surface area contributed by atoms with Crippen LogP contribution in [0.2, 0.25) is 0 Å². The van der Waals surface area contributed by atoms with Crippen molar-refractivity contribution in [2.45, 2.75) is 70.7 Å². The molecular formula is C19H29F3N2O3. The Kier molecular flexibility index (Phi) is 5.75. The summed E-state index contributed by atoms with van der Waals surface area (Å²) in [5.41, 5.74) is 0.172. The van der Waals surface area contributed by atoms with Gasteiger partial charge < -0.3 is 15.4 Å². The largest absolute Gasteiger partial charge is 0.391 e. The molecule has 154 valence electrons. The van der Waals surface area contributed by atoms with Gasteiger partial charge in [0.1, 0.15) is 0 Å². The summed E-state index contributed by atoms with van der Waals surface area (Å²) >= 11 is 0. The highest BCUT2D eigenvalue weighted by Crippen LogP contribution is 2.52. The number of nitrogens with one attached hydrogen (secondary N) is 2.